The van der Waals surface area contributed by atoms with Crippen LogP contribution in [0.3, 0.4) is 0 Å². The van der Waals surface area contributed by atoms with E-state index in [1.165, 1.54) is 11.8 Å². The third-order valence-corrected chi connectivity index (χ3v) is 4.72. The predicted octanol–water partition coefficient (Wildman–Crippen LogP) is 1.71. The summed E-state index contributed by atoms with van der Waals surface area (Å²) in [7, 11) is 0. The summed E-state index contributed by atoms with van der Waals surface area (Å²) in [4.78, 5) is 19.9. The highest BCUT2D eigenvalue weighted by Gasteiger charge is 2.13. The molecule has 1 aromatic carbocycles. The third-order valence-electron chi connectivity index (χ3n) is 3.84. The number of furan rings is 1. The number of benzene rings is 1. The monoisotopic (exact) mass is 381 g/mol. The van der Waals surface area contributed by atoms with E-state index in [2.05, 4.69) is 45.8 Å². The van der Waals surface area contributed by atoms with Gasteiger partial charge in [0.1, 0.15) is 5.76 Å². The highest BCUT2D eigenvalue weighted by molar-refractivity contribution is 7.98. The quantitative estimate of drug-likeness (QED) is 0.335. The lowest BCUT2D eigenvalue weighted by Crippen LogP contribution is -1.99. The van der Waals surface area contributed by atoms with Crippen molar-refractivity contribution >= 4 is 22.8 Å². The molecule has 0 atom stereocenters. The summed E-state index contributed by atoms with van der Waals surface area (Å²) in [6, 6.07) is 9.21. The zero-order chi connectivity index (χ0) is 18.2. The molecule has 0 aliphatic heterocycles. The maximum Gasteiger partial charge on any atom is 0.323 e. The topological polar surface area (TPSA) is 158 Å². The number of aromatic nitrogens is 9. The fourth-order valence-electron chi connectivity index (χ4n) is 2.61. The zero-order valence-electron chi connectivity index (χ0n) is 13.6. The Morgan fingerprint density at radius 2 is 1.85 bits per heavy atom. The van der Waals surface area contributed by atoms with Crippen LogP contribution in [0.15, 0.2) is 44.7 Å². The normalized spacial score (nSPS) is 11.4. The van der Waals surface area contributed by atoms with Crippen LogP contribution in [-0.4, -0.2) is 45.8 Å². The predicted molar refractivity (Wildman–Crippen MR) is 95.7 cm³/mol. The van der Waals surface area contributed by atoms with Crippen LogP contribution in [0, 0.1) is 0 Å². The summed E-state index contributed by atoms with van der Waals surface area (Å²) in [6.07, 6.45) is 0. The molecule has 0 saturated carbocycles. The number of fused-ring (bicyclic) bond motifs is 1. The Labute approximate surface area is 154 Å². The Bertz CT molecular complexity index is 1260. The second-order valence-electron chi connectivity index (χ2n) is 5.62. The average molecular weight is 381 g/mol. The van der Waals surface area contributed by atoms with Gasteiger partial charge in [0.2, 0.25) is 0 Å². The first-order valence-corrected chi connectivity index (χ1v) is 8.84. The summed E-state index contributed by atoms with van der Waals surface area (Å²) >= 11 is 1.42. The molecule has 0 radical (unpaired) electrons. The first-order chi connectivity index (χ1) is 13.2. The number of rotatable bonds is 5. The maximum absolute atomic E-state index is 11.4. The Morgan fingerprint density at radius 3 is 2.74 bits per heavy atom. The van der Waals surface area contributed by atoms with Gasteiger partial charge in [-0.1, -0.05) is 11.8 Å². The summed E-state index contributed by atoms with van der Waals surface area (Å²) in [5.74, 6) is 2.94. The van der Waals surface area contributed by atoms with E-state index < -0.39 is 0 Å². The Kier molecular flexibility index (Phi) is 3.60. The van der Waals surface area contributed by atoms with E-state index in [0.717, 1.165) is 16.6 Å². The number of thioether (sulfide) groups is 1. The summed E-state index contributed by atoms with van der Waals surface area (Å²) < 4.78 is 5.89. The van der Waals surface area contributed by atoms with Gasteiger partial charge in [-0.05, 0) is 40.8 Å². The van der Waals surface area contributed by atoms with E-state index in [0.29, 0.717) is 34.1 Å². The van der Waals surface area contributed by atoms with Gasteiger partial charge < -0.3 is 19.4 Å². The van der Waals surface area contributed by atoms with Crippen LogP contribution in [0.5, 0.6) is 0 Å². The smallest absolute Gasteiger partial charge is 0.323 e. The molecule has 5 rings (SSSR count). The third kappa shape index (κ3) is 3.01. The maximum atomic E-state index is 11.4. The molecular formula is C15H11N9O2S. The van der Waals surface area contributed by atoms with E-state index in [1.54, 1.807) is 0 Å². The number of nitrogens with zero attached hydrogens (tertiary/aromatic N) is 5. The van der Waals surface area contributed by atoms with Gasteiger partial charge in [0.15, 0.2) is 22.6 Å². The van der Waals surface area contributed by atoms with Crippen LogP contribution in [-0.2, 0) is 5.75 Å². The molecule has 11 nitrogen and oxygen atoms in total. The molecular weight excluding hydrogens is 370 g/mol. The van der Waals surface area contributed by atoms with Gasteiger partial charge >= 0.3 is 5.69 Å². The van der Waals surface area contributed by atoms with E-state index in [1.807, 2.05) is 30.3 Å². The number of hydrogen-bond donors (Lipinski definition) is 4. The molecule has 0 fully saturated rings. The highest BCUT2D eigenvalue weighted by atomic mass is 32.2. The van der Waals surface area contributed by atoms with Gasteiger partial charge in [-0.25, -0.2) is 9.89 Å². The van der Waals surface area contributed by atoms with Gasteiger partial charge in [0.05, 0.1) is 16.8 Å². The zero-order valence-corrected chi connectivity index (χ0v) is 14.4. The number of imidazole rings is 1. The minimum atomic E-state index is -0.241. The van der Waals surface area contributed by atoms with Crippen molar-refractivity contribution in [2.45, 2.75) is 10.9 Å². The van der Waals surface area contributed by atoms with Crippen molar-refractivity contribution in [2.24, 2.45) is 0 Å². The minimum absolute atomic E-state index is 0.241. The molecule has 0 amide bonds. The second kappa shape index (κ2) is 6.25. The fraction of sp³-hybridized carbons (Fsp3) is 0.0667. The van der Waals surface area contributed by atoms with Crippen molar-refractivity contribution in [3.05, 3.63) is 46.6 Å². The molecule has 4 heterocycles. The number of tetrazole rings is 1. The molecule has 0 saturated heterocycles. The molecule has 0 aliphatic rings. The number of H-pyrrole nitrogens is 4. The Morgan fingerprint density at radius 1 is 0.963 bits per heavy atom. The Hall–Kier alpha value is -3.67. The van der Waals surface area contributed by atoms with Crippen molar-refractivity contribution in [1.29, 1.82) is 0 Å². The first-order valence-electron chi connectivity index (χ1n) is 7.85. The molecule has 0 aliphatic carbocycles. The van der Waals surface area contributed by atoms with Gasteiger partial charge in [-0.2, -0.15) is 0 Å². The lowest BCUT2D eigenvalue weighted by atomic mass is 10.1. The van der Waals surface area contributed by atoms with Crippen molar-refractivity contribution < 1.29 is 4.42 Å². The molecule has 134 valence electrons. The highest BCUT2D eigenvalue weighted by Crippen LogP contribution is 2.29. The molecule has 12 heteroatoms. The van der Waals surface area contributed by atoms with Gasteiger partial charge in [-0.15, -0.1) is 15.3 Å². The van der Waals surface area contributed by atoms with Gasteiger partial charge in [0.25, 0.3) is 0 Å². The number of nitrogens with one attached hydrogen (secondary N) is 4. The Balaban J connectivity index is 1.37. The molecule has 5 aromatic rings. The minimum Gasteiger partial charge on any atom is -0.453 e. The molecule has 4 aromatic heterocycles. The lowest BCUT2D eigenvalue weighted by Gasteiger charge is -1.97. The number of aromatic amines is 4. The summed E-state index contributed by atoms with van der Waals surface area (Å²) in [6.45, 7) is 0. The molecule has 4 N–H and O–H groups in total. The van der Waals surface area contributed by atoms with Crippen LogP contribution in [0.4, 0.5) is 0 Å². The molecule has 0 unspecified atom stereocenters. The van der Waals surface area contributed by atoms with Crippen molar-refractivity contribution in [2.75, 3.05) is 0 Å². The number of hydrogen-bond acceptors (Lipinski definition) is 8. The molecule has 0 spiro atoms. The van der Waals surface area contributed by atoms with Crippen LogP contribution in [0.2, 0.25) is 0 Å². The average Bonchev–Trinajstić information content (AvgIpc) is 3.44. The first kappa shape index (κ1) is 15.6. The SMILES string of the molecule is O=c1[nH]c2ccc(-c3ccc(-c4nnc(SCc5nnn[nH]5)[nH]4)o3)cc2[nH]1. The van der Waals surface area contributed by atoms with E-state index in [9.17, 15) is 4.79 Å². The van der Waals surface area contributed by atoms with Crippen LogP contribution < -0.4 is 5.69 Å². The second-order valence-corrected chi connectivity index (χ2v) is 6.58. The van der Waals surface area contributed by atoms with Crippen molar-refractivity contribution in [1.82, 2.24) is 45.8 Å². The standard InChI is InChI=1S/C15H11N9O2S/c25-14-16-8-2-1-7(5-9(8)17-14)10-3-4-11(26-10)13-18-15(22-21-13)27-6-12-19-23-24-20-12/h1-5H,6H2,(H2,16,17,25)(H,18,21,22)(H,19,20,23,24). The fourth-order valence-corrected chi connectivity index (χ4v) is 3.27. The van der Waals surface area contributed by atoms with Crippen LogP contribution in [0.25, 0.3) is 33.9 Å². The summed E-state index contributed by atoms with van der Waals surface area (Å²) in [5.41, 5.74) is 2.07. The van der Waals surface area contributed by atoms with Crippen molar-refractivity contribution in [3.8, 4) is 22.9 Å². The van der Waals surface area contributed by atoms with E-state index in [-0.39, 0.29) is 5.69 Å². The lowest BCUT2D eigenvalue weighted by molar-refractivity contribution is 0.592. The largest absolute Gasteiger partial charge is 0.453 e. The molecule has 27 heavy (non-hydrogen) atoms. The summed E-state index contributed by atoms with van der Waals surface area (Å²) in [5, 5.41) is 22.4. The molecule has 0 bridgehead atoms. The van der Waals surface area contributed by atoms with E-state index in [4.69, 9.17) is 4.42 Å². The van der Waals surface area contributed by atoms with Crippen LogP contribution in [0.1, 0.15) is 5.82 Å². The van der Waals surface area contributed by atoms with Gasteiger partial charge in [0, 0.05) is 5.56 Å². The van der Waals surface area contributed by atoms with E-state index >= 15 is 0 Å². The van der Waals surface area contributed by atoms with Crippen molar-refractivity contribution in [3.63, 3.8) is 0 Å². The van der Waals surface area contributed by atoms with Crippen LogP contribution >= 0.6 is 11.8 Å². The van der Waals surface area contributed by atoms with Gasteiger partial charge in [-0.3, -0.25) is 0 Å².